The van der Waals surface area contributed by atoms with E-state index in [4.69, 9.17) is 21.1 Å². The average molecular weight is 568 g/mol. The van der Waals surface area contributed by atoms with Gasteiger partial charge in [-0.05, 0) is 64.3 Å². The minimum atomic E-state index is -0.698. The van der Waals surface area contributed by atoms with E-state index in [9.17, 15) is 18.8 Å². The number of carbonyl (C=O) groups is 3. The molecule has 0 saturated carbocycles. The lowest BCUT2D eigenvalue weighted by atomic mass is 9.95. The SMILES string of the molecule is CCOC(=O)c1c(C)nc(-c2c(F)cccc2Cl)nc1Cc1ccc(C2CCN(C(=O)OC(C)(C)C)C2=O)cc1. The van der Waals surface area contributed by atoms with Gasteiger partial charge in [0.25, 0.3) is 0 Å². The molecule has 0 N–H and O–H groups in total. The van der Waals surface area contributed by atoms with Crippen LogP contribution in [0.3, 0.4) is 0 Å². The fourth-order valence-electron chi connectivity index (χ4n) is 4.60. The van der Waals surface area contributed by atoms with Crippen LogP contribution in [0.2, 0.25) is 5.02 Å². The van der Waals surface area contributed by atoms with Crippen LogP contribution in [0.4, 0.5) is 9.18 Å². The van der Waals surface area contributed by atoms with E-state index in [1.807, 2.05) is 24.3 Å². The summed E-state index contributed by atoms with van der Waals surface area (Å²) in [6, 6.07) is 11.6. The number of aryl methyl sites for hydroxylation is 1. The van der Waals surface area contributed by atoms with Gasteiger partial charge < -0.3 is 9.47 Å². The summed E-state index contributed by atoms with van der Waals surface area (Å²) in [4.78, 5) is 48.3. The van der Waals surface area contributed by atoms with Crippen LogP contribution in [-0.2, 0) is 20.7 Å². The number of esters is 1. The number of carbonyl (C=O) groups excluding carboxylic acids is 3. The number of benzene rings is 2. The average Bonchev–Trinajstić information content (AvgIpc) is 3.25. The van der Waals surface area contributed by atoms with Gasteiger partial charge in [0, 0.05) is 13.0 Å². The Hall–Kier alpha value is -3.85. The molecule has 1 fully saturated rings. The highest BCUT2D eigenvalue weighted by Gasteiger charge is 2.38. The largest absolute Gasteiger partial charge is 0.462 e. The van der Waals surface area contributed by atoms with E-state index in [0.29, 0.717) is 17.8 Å². The van der Waals surface area contributed by atoms with Gasteiger partial charge >= 0.3 is 12.1 Å². The van der Waals surface area contributed by atoms with Crippen molar-refractivity contribution in [3.8, 4) is 11.4 Å². The second-order valence-corrected chi connectivity index (χ2v) is 10.9. The molecule has 1 atom stereocenters. The molecule has 2 aromatic carbocycles. The molecule has 3 aromatic rings. The van der Waals surface area contributed by atoms with Gasteiger partial charge in [-0.1, -0.05) is 41.9 Å². The molecule has 0 aliphatic carbocycles. The standard InChI is InChI=1S/C30H31ClFN3O5/c1-6-39-28(37)24-17(2)33-26(25-21(31)8-7-9-22(25)32)34-23(24)16-18-10-12-19(13-11-18)20-14-15-35(27(20)36)29(38)40-30(3,4)5/h7-13,20H,6,14-16H2,1-5H3. The minimum absolute atomic E-state index is 0.0496. The molecule has 0 radical (unpaired) electrons. The summed E-state index contributed by atoms with van der Waals surface area (Å²) in [5, 5.41) is 0.153. The maximum atomic E-state index is 14.7. The fraction of sp³-hybridized carbons (Fsp3) is 0.367. The lowest BCUT2D eigenvalue weighted by Crippen LogP contribution is -2.38. The summed E-state index contributed by atoms with van der Waals surface area (Å²) in [7, 11) is 0. The first-order chi connectivity index (χ1) is 18.9. The van der Waals surface area contributed by atoms with Crippen LogP contribution in [0.25, 0.3) is 11.4 Å². The number of rotatable bonds is 6. The Morgan fingerprint density at radius 1 is 1.12 bits per heavy atom. The second-order valence-electron chi connectivity index (χ2n) is 10.5. The normalized spacial score (nSPS) is 15.3. The van der Waals surface area contributed by atoms with Crippen LogP contribution in [0.15, 0.2) is 42.5 Å². The molecular formula is C30H31ClFN3O5. The number of nitrogens with zero attached hydrogens (tertiary/aromatic N) is 3. The molecule has 1 aliphatic rings. The smallest absolute Gasteiger partial charge is 0.417 e. The zero-order chi connectivity index (χ0) is 29.2. The number of ether oxygens (including phenoxy) is 2. The molecule has 1 aromatic heterocycles. The first-order valence-corrected chi connectivity index (χ1v) is 13.4. The van der Waals surface area contributed by atoms with Gasteiger partial charge in [-0.15, -0.1) is 0 Å². The molecule has 0 spiro atoms. The Morgan fingerprint density at radius 2 is 1.82 bits per heavy atom. The van der Waals surface area contributed by atoms with Crippen molar-refractivity contribution in [2.24, 2.45) is 0 Å². The molecule has 1 unspecified atom stereocenters. The summed E-state index contributed by atoms with van der Waals surface area (Å²) in [6.45, 7) is 9.05. The van der Waals surface area contributed by atoms with Crippen molar-refractivity contribution in [2.45, 2.75) is 59.0 Å². The van der Waals surface area contributed by atoms with E-state index in [1.54, 1.807) is 40.7 Å². The molecule has 2 heterocycles. The number of imide groups is 1. The maximum Gasteiger partial charge on any atom is 0.417 e. The van der Waals surface area contributed by atoms with Crippen LogP contribution in [-0.4, -0.2) is 51.6 Å². The van der Waals surface area contributed by atoms with E-state index in [0.717, 1.165) is 16.0 Å². The van der Waals surface area contributed by atoms with Crippen molar-refractivity contribution in [3.63, 3.8) is 0 Å². The molecule has 1 saturated heterocycles. The quantitative estimate of drug-likeness (QED) is 0.324. The molecule has 10 heteroatoms. The lowest BCUT2D eigenvalue weighted by molar-refractivity contribution is -0.128. The highest BCUT2D eigenvalue weighted by molar-refractivity contribution is 6.33. The molecule has 2 amide bonds. The van der Waals surface area contributed by atoms with Crippen molar-refractivity contribution < 1.29 is 28.2 Å². The third-order valence-corrected chi connectivity index (χ3v) is 6.72. The number of hydrogen-bond acceptors (Lipinski definition) is 7. The van der Waals surface area contributed by atoms with Crippen molar-refractivity contribution in [1.82, 2.24) is 14.9 Å². The highest BCUT2D eigenvalue weighted by Crippen LogP contribution is 2.32. The molecule has 1 aliphatic heterocycles. The monoisotopic (exact) mass is 567 g/mol. The number of hydrogen-bond donors (Lipinski definition) is 0. The third kappa shape index (κ3) is 6.31. The van der Waals surface area contributed by atoms with E-state index in [1.165, 1.54) is 12.1 Å². The van der Waals surface area contributed by atoms with Gasteiger partial charge in [-0.25, -0.2) is 28.8 Å². The van der Waals surface area contributed by atoms with Crippen LogP contribution in [0, 0.1) is 12.7 Å². The molecule has 4 rings (SSSR count). The predicted octanol–water partition coefficient (Wildman–Crippen LogP) is 6.26. The van der Waals surface area contributed by atoms with E-state index in [2.05, 4.69) is 9.97 Å². The van der Waals surface area contributed by atoms with Gasteiger partial charge in [0.2, 0.25) is 5.91 Å². The van der Waals surface area contributed by atoms with E-state index in [-0.39, 0.29) is 47.5 Å². The topological polar surface area (TPSA) is 98.7 Å². The van der Waals surface area contributed by atoms with E-state index >= 15 is 0 Å². The zero-order valence-electron chi connectivity index (χ0n) is 23.1. The molecule has 210 valence electrons. The van der Waals surface area contributed by atoms with Gasteiger partial charge in [0.05, 0.1) is 34.5 Å². The Kier molecular flexibility index (Phi) is 8.54. The number of aromatic nitrogens is 2. The predicted molar refractivity (Wildman–Crippen MR) is 148 cm³/mol. The number of amides is 2. The van der Waals surface area contributed by atoms with Crippen LogP contribution in [0.1, 0.15) is 72.9 Å². The molecule has 0 bridgehead atoms. The van der Waals surface area contributed by atoms with Crippen molar-refractivity contribution >= 4 is 29.6 Å². The van der Waals surface area contributed by atoms with Crippen LogP contribution in [0.5, 0.6) is 0 Å². The van der Waals surface area contributed by atoms with Gasteiger partial charge in [0.15, 0.2) is 5.82 Å². The summed E-state index contributed by atoms with van der Waals surface area (Å²) in [6.07, 6.45) is 0.0648. The zero-order valence-corrected chi connectivity index (χ0v) is 23.8. The van der Waals surface area contributed by atoms with Crippen molar-refractivity contribution in [1.29, 1.82) is 0 Å². The van der Waals surface area contributed by atoms with Gasteiger partial charge in [0.1, 0.15) is 17.0 Å². The van der Waals surface area contributed by atoms with Crippen LogP contribution >= 0.6 is 11.6 Å². The number of likely N-dealkylation sites (tertiary alicyclic amines) is 1. The Morgan fingerprint density at radius 3 is 2.45 bits per heavy atom. The second kappa shape index (κ2) is 11.7. The van der Waals surface area contributed by atoms with Gasteiger partial charge in [-0.2, -0.15) is 0 Å². The van der Waals surface area contributed by atoms with Crippen molar-refractivity contribution in [3.05, 3.63) is 81.4 Å². The van der Waals surface area contributed by atoms with Crippen LogP contribution < -0.4 is 0 Å². The minimum Gasteiger partial charge on any atom is -0.462 e. The van der Waals surface area contributed by atoms with Crippen molar-refractivity contribution in [2.75, 3.05) is 13.2 Å². The third-order valence-electron chi connectivity index (χ3n) is 6.40. The first kappa shape index (κ1) is 29.1. The van der Waals surface area contributed by atoms with E-state index < -0.39 is 29.4 Å². The molecule has 40 heavy (non-hydrogen) atoms. The highest BCUT2D eigenvalue weighted by atomic mass is 35.5. The fourth-order valence-corrected chi connectivity index (χ4v) is 4.85. The Bertz CT molecular complexity index is 1430. The lowest BCUT2D eigenvalue weighted by Gasteiger charge is -2.23. The molecule has 8 nitrogen and oxygen atoms in total. The Balaban J connectivity index is 1.62. The maximum absolute atomic E-state index is 14.7. The number of halogens is 2. The van der Waals surface area contributed by atoms with Gasteiger partial charge in [-0.3, -0.25) is 4.79 Å². The summed E-state index contributed by atoms with van der Waals surface area (Å²) >= 11 is 6.26. The molecular weight excluding hydrogens is 537 g/mol. The summed E-state index contributed by atoms with van der Waals surface area (Å²) in [5.41, 5.74) is 1.83. The Labute approximate surface area is 237 Å². The first-order valence-electron chi connectivity index (χ1n) is 13.0. The summed E-state index contributed by atoms with van der Waals surface area (Å²) in [5.74, 6) is -1.85. The summed E-state index contributed by atoms with van der Waals surface area (Å²) < 4.78 is 25.3.